The second-order valence-electron chi connectivity index (χ2n) is 4.93. The Labute approximate surface area is 122 Å². The lowest BCUT2D eigenvalue weighted by Crippen LogP contribution is -2.08. The summed E-state index contributed by atoms with van der Waals surface area (Å²) in [6.45, 7) is 3.70. The van der Waals surface area contributed by atoms with E-state index in [2.05, 4.69) is 5.10 Å². The lowest BCUT2D eigenvalue weighted by Gasteiger charge is -2.10. The van der Waals surface area contributed by atoms with Crippen molar-refractivity contribution < 1.29 is 9.90 Å². The van der Waals surface area contributed by atoms with Crippen LogP contribution in [-0.4, -0.2) is 25.4 Å². The molecule has 21 heavy (non-hydrogen) atoms. The highest BCUT2D eigenvalue weighted by Crippen LogP contribution is 2.23. The largest absolute Gasteiger partial charge is 0.477 e. The Morgan fingerprint density at radius 1 is 1.14 bits per heavy atom. The van der Waals surface area contributed by atoms with Gasteiger partial charge in [-0.3, -0.25) is 0 Å². The second kappa shape index (κ2) is 4.94. The van der Waals surface area contributed by atoms with Crippen molar-refractivity contribution in [2.45, 2.75) is 13.8 Å². The first-order chi connectivity index (χ1) is 10.1. The van der Waals surface area contributed by atoms with Gasteiger partial charge in [0.15, 0.2) is 5.82 Å². The quantitative estimate of drug-likeness (QED) is 0.803. The molecule has 0 amide bonds. The summed E-state index contributed by atoms with van der Waals surface area (Å²) in [5, 5.41) is 13.9. The Kier molecular flexibility index (Phi) is 3.10. The number of rotatable bonds is 3. The first-order valence-corrected chi connectivity index (χ1v) is 6.61. The molecule has 0 saturated carbocycles. The summed E-state index contributed by atoms with van der Waals surface area (Å²) in [5.74, 6) is -0.439. The van der Waals surface area contributed by atoms with Crippen molar-refractivity contribution in [2.75, 3.05) is 0 Å². The summed E-state index contributed by atoms with van der Waals surface area (Å²) in [7, 11) is 0. The molecule has 1 aromatic carbocycles. The number of nitrogens with zero attached hydrogens (tertiary/aromatic N) is 3. The van der Waals surface area contributed by atoms with Crippen LogP contribution in [0.1, 0.15) is 21.6 Å². The van der Waals surface area contributed by atoms with Gasteiger partial charge in [-0.25, -0.2) is 9.48 Å². The molecule has 0 unspecified atom stereocenters. The van der Waals surface area contributed by atoms with E-state index in [0.717, 1.165) is 11.3 Å². The molecule has 5 heteroatoms. The molecule has 2 heterocycles. The third kappa shape index (κ3) is 2.23. The summed E-state index contributed by atoms with van der Waals surface area (Å²) >= 11 is 0. The molecule has 1 N–H and O–H groups in total. The Hall–Kier alpha value is -2.82. The lowest BCUT2D eigenvalue weighted by atomic mass is 10.2. The summed E-state index contributed by atoms with van der Waals surface area (Å²) in [6.07, 6.45) is 3.63. The van der Waals surface area contributed by atoms with Crippen LogP contribution in [0.2, 0.25) is 0 Å². The van der Waals surface area contributed by atoms with E-state index in [1.807, 2.05) is 55.7 Å². The van der Waals surface area contributed by atoms with E-state index < -0.39 is 5.97 Å². The number of carboxylic acid groups (broad SMARTS) is 1. The molecule has 2 aromatic heterocycles. The van der Waals surface area contributed by atoms with Crippen molar-refractivity contribution in [3.05, 3.63) is 65.6 Å². The summed E-state index contributed by atoms with van der Waals surface area (Å²) in [4.78, 5) is 11.6. The van der Waals surface area contributed by atoms with Gasteiger partial charge < -0.3 is 9.67 Å². The van der Waals surface area contributed by atoms with Crippen molar-refractivity contribution in [3.63, 3.8) is 0 Å². The van der Waals surface area contributed by atoms with Crippen LogP contribution in [0.4, 0.5) is 0 Å². The van der Waals surface area contributed by atoms with Crippen LogP contribution in [0.25, 0.3) is 11.5 Å². The van der Waals surface area contributed by atoms with Crippen LogP contribution in [0, 0.1) is 13.8 Å². The Morgan fingerprint density at radius 3 is 2.48 bits per heavy atom. The SMILES string of the molecule is Cc1cccc(-n2nc(C)c(C(=O)O)c2-n2cccc2)c1. The fourth-order valence-electron chi connectivity index (χ4n) is 2.42. The predicted molar refractivity (Wildman–Crippen MR) is 79.3 cm³/mol. The molecule has 5 nitrogen and oxygen atoms in total. The van der Waals surface area contributed by atoms with E-state index in [9.17, 15) is 9.90 Å². The number of carbonyl (C=O) groups is 1. The lowest BCUT2D eigenvalue weighted by molar-refractivity contribution is 0.0696. The van der Waals surface area contributed by atoms with Crippen LogP contribution >= 0.6 is 0 Å². The number of aromatic carboxylic acids is 1. The topological polar surface area (TPSA) is 60.1 Å². The standard InChI is InChI=1S/C16H15N3O2/c1-11-6-5-7-13(10-11)19-15(18-8-3-4-9-18)14(16(20)21)12(2)17-19/h3-10H,1-2H3,(H,20,21). The minimum atomic E-state index is -0.977. The van der Waals surface area contributed by atoms with Gasteiger partial charge in [0, 0.05) is 12.4 Å². The molecule has 0 atom stereocenters. The predicted octanol–water partition coefficient (Wildman–Crippen LogP) is 2.98. The van der Waals surface area contributed by atoms with Crippen molar-refractivity contribution >= 4 is 5.97 Å². The van der Waals surface area contributed by atoms with Crippen LogP contribution in [0.15, 0.2) is 48.8 Å². The maximum absolute atomic E-state index is 11.6. The number of benzene rings is 1. The van der Waals surface area contributed by atoms with Gasteiger partial charge in [-0.2, -0.15) is 5.10 Å². The van der Waals surface area contributed by atoms with Gasteiger partial charge in [-0.1, -0.05) is 12.1 Å². The monoisotopic (exact) mass is 281 g/mol. The molecule has 0 fully saturated rings. The molecular formula is C16H15N3O2. The maximum Gasteiger partial charge on any atom is 0.341 e. The Morgan fingerprint density at radius 2 is 1.86 bits per heavy atom. The molecule has 0 aliphatic rings. The molecule has 0 aliphatic carbocycles. The molecule has 0 saturated heterocycles. The number of aromatic nitrogens is 3. The zero-order chi connectivity index (χ0) is 15.0. The highest BCUT2D eigenvalue weighted by molar-refractivity contribution is 5.93. The van der Waals surface area contributed by atoms with Crippen LogP contribution in [0.5, 0.6) is 0 Å². The van der Waals surface area contributed by atoms with Gasteiger partial charge in [0.25, 0.3) is 0 Å². The first kappa shape index (κ1) is 13.2. The van der Waals surface area contributed by atoms with Crippen molar-refractivity contribution in [1.82, 2.24) is 14.3 Å². The summed E-state index contributed by atoms with van der Waals surface area (Å²) in [5.41, 5.74) is 2.64. The second-order valence-corrected chi connectivity index (χ2v) is 4.93. The number of hydrogen-bond donors (Lipinski definition) is 1. The first-order valence-electron chi connectivity index (χ1n) is 6.61. The van der Waals surface area contributed by atoms with Crippen molar-refractivity contribution in [1.29, 1.82) is 0 Å². The van der Waals surface area contributed by atoms with Gasteiger partial charge in [-0.05, 0) is 43.7 Å². The maximum atomic E-state index is 11.6. The van der Waals surface area contributed by atoms with E-state index in [0.29, 0.717) is 11.5 Å². The van der Waals surface area contributed by atoms with E-state index >= 15 is 0 Å². The number of carboxylic acids is 1. The van der Waals surface area contributed by atoms with E-state index in [1.165, 1.54) is 0 Å². The van der Waals surface area contributed by atoms with Crippen molar-refractivity contribution in [2.24, 2.45) is 0 Å². The zero-order valence-electron chi connectivity index (χ0n) is 11.8. The van der Waals surface area contributed by atoms with Gasteiger partial charge in [-0.15, -0.1) is 0 Å². The van der Waals surface area contributed by atoms with Gasteiger partial charge >= 0.3 is 5.97 Å². The molecule has 0 bridgehead atoms. The molecule has 0 radical (unpaired) electrons. The number of aryl methyl sites for hydroxylation is 2. The van der Waals surface area contributed by atoms with Gasteiger partial charge in [0.2, 0.25) is 0 Å². The van der Waals surface area contributed by atoms with E-state index in [-0.39, 0.29) is 5.56 Å². The molecule has 0 spiro atoms. The minimum absolute atomic E-state index is 0.215. The average molecular weight is 281 g/mol. The molecule has 106 valence electrons. The Balaban J connectivity index is 2.31. The van der Waals surface area contributed by atoms with Gasteiger partial charge in [0.05, 0.1) is 11.4 Å². The normalized spacial score (nSPS) is 10.8. The van der Waals surface area contributed by atoms with Gasteiger partial charge in [0.1, 0.15) is 5.56 Å². The smallest absolute Gasteiger partial charge is 0.341 e. The molecule has 3 aromatic rings. The minimum Gasteiger partial charge on any atom is -0.477 e. The molecule has 0 aliphatic heterocycles. The summed E-state index contributed by atoms with van der Waals surface area (Å²) < 4.78 is 3.44. The highest BCUT2D eigenvalue weighted by atomic mass is 16.4. The molecular weight excluding hydrogens is 266 g/mol. The highest BCUT2D eigenvalue weighted by Gasteiger charge is 2.22. The fraction of sp³-hybridized carbons (Fsp3) is 0.125. The molecule has 3 rings (SSSR count). The zero-order valence-corrected chi connectivity index (χ0v) is 11.8. The van der Waals surface area contributed by atoms with Crippen LogP contribution < -0.4 is 0 Å². The third-order valence-electron chi connectivity index (χ3n) is 3.35. The van der Waals surface area contributed by atoms with E-state index in [4.69, 9.17) is 0 Å². The average Bonchev–Trinajstić information content (AvgIpc) is 3.05. The van der Waals surface area contributed by atoms with Crippen LogP contribution in [-0.2, 0) is 0 Å². The Bertz CT molecular complexity index is 801. The summed E-state index contributed by atoms with van der Waals surface area (Å²) in [6, 6.07) is 11.5. The number of hydrogen-bond acceptors (Lipinski definition) is 2. The van der Waals surface area contributed by atoms with E-state index in [1.54, 1.807) is 16.2 Å². The van der Waals surface area contributed by atoms with Crippen molar-refractivity contribution in [3.8, 4) is 11.5 Å². The van der Waals surface area contributed by atoms with Crippen LogP contribution in [0.3, 0.4) is 0 Å². The fourth-order valence-corrected chi connectivity index (χ4v) is 2.42. The third-order valence-corrected chi connectivity index (χ3v) is 3.35.